The van der Waals surface area contributed by atoms with Crippen LogP contribution in [0.3, 0.4) is 0 Å². The van der Waals surface area contributed by atoms with Gasteiger partial charge < -0.3 is 9.47 Å². The Labute approximate surface area is 230 Å². The smallest absolute Gasteiger partial charge is 0.106 e. The van der Waals surface area contributed by atoms with E-state index in [4.69, 9.17) is 24.4 Å². The zero-order valence-electron chi connectivity index (χ0n) is 20.9. The van der Waals surface area contributed by atoms with Gasteiger partial charge in [-0.1, -0.05) is 30.3 Å². The molecule has 0 aliphatic heterocycles. The third-order valence-corrected chi connectivity index (χ3v) is 6.05. The molecule has 0 saturated heterocycles. The number of aryl methyl sites for hydroxylation is 1. The molecule has 0 aliphatic carbocycles. The van der Waals surface area contributed by atoms with Crippen molar-refractivity contribution in [1.29, 1.82) is 0 Å². The van der Waals surface area contributed by atoms with E-state index >= 15 is 0 Å². The first kappa shape index (κ1) is 25.8. The van der Waals surface area contributed by atoms with E-state index in [2.05, 4.69) is 25.9 Å². The molecule has 0 aromatic carbocycles. The van der Waals surface area contributed by atoms with Gasteiger partial charge >= 0.3 is 0 Å². The molecule has 5 aromatic rings. The van der Waals surface area contributed by atoms with Crippen LogP contribution < -0.4 is 0 Å². The average molecular weight is 568 g/mol. The highest BCUT2D eigenvalue weighted by molar-refractivity contribution is 9.10. The Balaban J connectivity index is 1.18. The van der Waals surface area contributed by atoms with Crippen molar-refractivity contribution in [3.05, 3.63) is 124 Å². The quantitative estimate of drug-likeness (QED) is 0.178. The summed E-state index contributed by atoms with van der Waals surface area (Å²) in [6, 6.07) is 29.3. The minimum Gasteiger partial charge on any atom is -0.369 e. The van der Waals surface area contributed by atoms with Gasteiger partial charge in [0.2, 0.25) is 0 Å². The van der Waals surface area contributed by atoms with Crippen LogP contribution in [0.1, 0.15) is 28.5 Å². The molecule has 5 rings (SSSR count). The van der Waals surface area contributed by atoms with Crippen molar-refractivity contribution in [3.8, 4) is 22.8 Å². The molecule has 8 heteroatoms. The summed E-state index contributed by atoms with van der Waals surface area (Å²) in [5, 5.41) is 0. The van der Waals surface area contributed by atoms with Crippen LogP contribution in [0.5, 0.6) is 0 Å². The van der Waals surface area contributed by atoms with Crippen molar-refractivity contribution in [3.63, 3.8) is 0 Å². The second kappa shape index (κ2) is 12.6. The van der Waals surface area contributed by atoms with Gasteiger partial charge in [0.25, 0.3) is 0 Å². The lowest BCUT2D eigenvalue weighted by Gasteiger charge is -2.08. The fourth-order valence-corrected chi connectivity index (χ4v) is 4.22. The fourth-order valence-electron chi connectivity index (χ4n) is 3.84. The van der Waals surface area contributed by atoms with Gasteiger partial charge in [-0.05, 0) is 83.5 Å². The predicted octanol–water partition coefficient (Wildman–Crippen LogP) is 6.50. The Morgan fingerprint density at radius 1 is 0.474 bits per heavy atom. The molecule has 190 valence electrons. The summed E-state index contributed by atoms with van der Waals surface area (Å²) in [5.41, 5.74) is 7.57. The number of ether oxygens (including phenoxy) is 2. The Morgan fingerprint density at radius 2 is 0.842 bits per heavy atom. The van der Waals surface area contributed by atoms with Crippen molar-refractivity contribution in [1.82, 2.24) is 24.9 Å². The molecule has 7 nitrogen and oxygen atoms in total. The molecule has 0 saturated carbocycles. The van der Waals surface area contributed by atoms with Gasteiger partial charge in [0.1, 0.15) is 4.60 Å². The Bertz CT molecular complexity index is 1530. The number of pyridine rings is 5. The van der Waals surface area contributed by atoms with Crippen molar-refractivity contribution >= 4 is 15.9 Å². The maximum absolute atomic E-state index is 5.94. The number of nitrogens with zero attached hydrogens (tertiary/aromatic N) is 5. The molecule has 0 radical (unpaired) electrons. The highest BCUT2D eigenvalue weighted by Gasteiger charge is 2.07. The van der Waals surface area contributed by atoms with Gasteiger partial charge in [-0.2, -0.15) is 0 Å². The van der Waals surface area contributed by atoms with Crippen LogP contribution in [0.2, 0.25) is 0 Å². The molecule has 0 amide bonds. The number of halogens is 1. The van der Waals surface area contributed by atoms with Crippen LogP contribution in [0.4, 0.5) is 0 Å². The van der Waals surface area contributed by atoms with Crippen molar-refractivity contribution in [2.75, 3.05) is 0 Å². The first-order valence-corrected chi connectivity index (χ1v) is 13.0. The van der Waals surface area contributed by atoms with E-state index in [1.807, 2.05) is 97.9 Å². The maximum atomic E-state index is 5.94. The SMILES string of the molecule is Cc1cccc(-c2cccc(COCc3cccc(-c4cccc(COCc5cccc(Br)n5)n4)n3)n2)n1. The molecule has 0 fully saturated rings. The van der Waals surface area contributed by atoms with Crippen molar-refractivity contribution in [2.24, 2.45) is 0 Å². The van der Waals surface area contributed by atoms with Crippen molar-refractivity contribution < 1.29 is 9.47 Å². The predicted molar refractivity (Wildman–Crippen MR) is 149 cm³/mol. The van der Waals surface area contributed by atoms with Crippen LogP contribution in [0.25, 0.3) is 22.8 Å². The van der Waals surface area contributed by atoms with Crippen LogP contribution in [-0.2, 0) is 35.9 Å². The van der Waals surface area contributed by atoms with Crippen LogP contribution >= 0.6 is 15.9 Å². The van der Waals surface area contributed by atoms with Crippen LogP contribution in [0, 0.1) is 6.92 Å². The average Bonchev–Trinajstić information content (AvgIpc) is 2.94. The summed E-state index contributed by atoms with van der Waals surface area (Å²) >= 11 is 3.38. The van der Waals surface area contributed by atoms with Crippen LogP contribution in [-0.4, -0.2) is 24.9 Å². The summed E-state index contributed by atoms with van der Waals surface area (Å²) in [4.78, 5) is 23.1. The van der Waals surface area contributed by atoms with E-state index in [9.17, 15) is 0 Å². The lowest BCUT2D eigenvalue weighted by molar-refractivity contribution is 0.102. The Morgan fingerprint density at radius 3 is 1.26 bits per heavy atom. The molecule has 38 heavy (non-hydrogen) atoms. The maximum Gasteiger partial charge on any atom is 0.106 e. The topological polar surface area (TPSA) is 82.9 Å². The minimum absolute atomic E-state index is 0.366. The zero-order valence-corrected chi connectivity index (χ0v) is 22.5. The Hall–Kier alpha value is -3.85. The molecule has 0 atom stereocenters. The summed E-state index contributed by atoms with van der Waals surface area (Å²) in [5.74, 6) is 0. The molecule has 5 heterocycles. The first-order chi connectivity index (χ1) is 18.6. The lowest BCUT2D eigenvalue weighted by Crippen LogP contribution is -2.01. The molecule has 0 bridgehead atoms. The lowest BCUT2D eigenvalue weighted by atomic mass is 10.2. The van der Waals surface area contributed by atoms with Gasteiger partial charge in [0.15, 0.2) is 0 Å². The summed E-state index contributed by atoms with van der Waals surface area (Å²) in [6.07, 6.45) is 0. The number of hydrogen-bond acceptors (Lipinski definition) is 7. The van der Waals surface area contributed by atoms with Gasteiger partial charge in [0, 0.05) is 5.69 Å². The van der Waals surface area contributed by atoms with E-state index in [0.717, 1.165) is 55.8 Å². The largest absolute Gasteiger partial charge is 0.369 e. The summed E-state index contributed by atoms with van der Waals surface area (Å²) in [7, 11) is 0. The number of hydrogen-bond donors (Lipinski definition) is 0. The molecule has 0 aliphatic rings. The van der Waals surface area contributed by atoms with E-state index < -0.39 is 0 Å². The van der Waals surface area contributed by atoms with Crippen LogP contribution in [0.15, 0.2) is 95.6 Å². The van der Waals surface area contributed by atoms with Gasteiger partial charge in [-0.3, -0.25) is 4.98 Å². The molecule has 5 aromatic heterocycles. The Kier molecular flexibility index (Phi) is 8.55. The number of aromatic nitrogens is 5. The van der Waals surface area contributed by atoms with Gasteiger partial charge in [-0.15, -0.1) is 0 Å². The molecular weight excluding hydrogens is 542 g/mol. The summed E-state index contributed by atoms with van der Waals surface area (Å²) in [6.45, 7) is 3.51. The first-order valence-electron chi connectivity index (χ1n) is 12.2. The monoisotopic (exact) mass is 567 g/mol. The minimum atomic E-state index is 0.366. The van der Waals surface area contributed by atoms with E-state index in [1.165, 1.54) is 0 Å². The third kappa shape index (κ3) is 7.13. The molecular formula is C30H26BrN5O2. The zero-order chi connectivity index (χ0) is 26.2. The van der Waals surface area contributed by atoms with Crippen molar-refractivity contribution in [2.45, 2.75) is 33.4 Å². The highest BCUT2D eigenvalue weighted by atomic mass is 79.9. The normalized spacial score (nSPS) is 11.0. The van der Waals surface area contributed by atoms with E-state index in [1.54, 1.807) is 0 Å². The van der Waals surface area contributed by atoms with Gasteiger partial charge in [-0.25, -0.2) is 19.9 Å². The van der Waals surface area contributed by atoms with Gasteiger partial charge in [0.05, 0.1) is 72.0 Å². The third-order valence-electron chi connectivity index (χ3n) is 5.61. The highest BCUT2D eigenvalue weighted by Crippen LogP contribution is 2.18. The van der Waals surface area contributed by atoms with E-state index in [0.29, 0.717) is 26.4 Å². The summed E-state index contributed by atoms with van der Waals surface area (Å²) < 4.78 is 12.6. The molecule has 0 unspecified atom stereocenters. The van der Waals surface area contributed by atoms with E-state index in [-0.39, 0.29) is 0 Å². The second-order valence-corrected chi connectivity index (χ2v) is 9.46. The molecule has 0 N–H and O–H groups in total. The second-order valence-electron chi connectivity index (χ2n) is 8.64. The fraction of sp³-hybridized carbons (Fsp3) is 0.167. The standard InChI is InChI=1S/C30H26BrN5O2/c1-21-7-2-12-26(32-21)27-13-3-8-22(33-27)17-37-18-23-9-4-14-28(34-23)29-15-5-10-24(35-29)19-38-20-25-11-6-16-30(31)36-25/h2-16H,17-20H2,1H3. The molecule has 0 spiro atoms. The number of rotatable bonds is 10.